The number of sulfonamides is 1. The Labute approximate surface area is 237 Å². The molecular formula is C27H21Cl2F4NO5S. The van der Waals surface area contributed by atoms with E-state index in [1.165, 1.54) is 36.4 Å². The molecule has 1 N–H and O–H groups in total. The van der Waals surface area contributed by atoms with E-state index in [-0.39, 0.29) is 52.0 Å². The lowest BCUT2D eigenvalue weighted by Gasteiger charge is -2.36. The summed E-state index contributed by atoms with van der Waals surface area (Å²) < 4.78 is 88.7. The molecule has 40 heavy (non-hydrogen) atoms. The number of rotatable bonds is 7. The Morgan fingerprint density at radius 1 is 1.12 bits per heavy atom. The maximum atomic E-state index is 14.5. The van der Waals surface area contributed by atoms with Crippen molar-refractivity contribution < 1.29 is 40.6 Å². The SMILES string of the molecule is C/C(=C\c1cc2c(cc1Cl)O[C@@H](CCC(=O)O)CN2S(=O)(=O)c1cccc(C(F)(F)F)c1)c1c(F)cccc1Cl. The Kier molecular flexibility index (Phi) is 8.39. The molecule has 0 unspecified atom stereocenters. The smallest absolute Gasteiger partial charge is 0.416 e. The fourth-order valence-corrected chi connectivity index (χ4v) is 6.33. The van der Waals surface area contributed by atoms with E-state index >= 15 is 0 Å². The first-order chi connectivity index (χ1) is 18.7. The van der Waals surface area contributed by atoms with E-state index in [4.69, 9.17) is 33.0 Å². The molecule has 13 heteroatoms. The summed E-state index contributed by atoms with van der Waals surface area (Å²) in [4.78, 5) is 10.5. The Morgan fingerprint density at radius 2 is 1.82 bits per heavy atom. The van der Waals surface area contributed by atoms with Crippen molar-refractivity contribution in [2.75, 3.05) is 10.8 Å². The van der Waals surface area contributed by atoms with Gasteiger partial charge in [-0.25, -0.2) is 12.8 Å². The molecule has 6 nitrogen and oxygen atoms in total. The average Bonchev–Trinajstić information content (AvgIpc) is 2.87. The van der Waals surface area contributed by atoms with Crippen molar-refractivity contribution in [1.29, 1.82) is 0 Å². The van der Waals surface area contributed by atoms with Crippen LogP contribution in [0.4, 0.5) is 23.2 Å². The summed E-state index contributed by atoms with van der Waals surface area (Å²) in [6, 6.07) is 10.1. The number of benzene rings is 3. The van der Waals surface area contributed by atoms with Gasteiger partial charge >= 0.3 is 12.1 Å². The number of hydrogen-bond donors (Lipinski definition) is 1. The van der Waals surface area contributed by atoms with Crippen LogP contribution in [0.5, 0.6) is 5.75 Å². The number of anilines is 1. The van der Waals surface area contributed by atoms with Crippen LogP contribution in [0.1, 0.15) is 36.5 Å². The Bertz CT molecular complexity index is 1590. The molecule has 0 amide bonds. The third-order valence-electron chi connectivity index (χ3n) is 6.17. The second kappa shape index (κ2) is 11.3. The van der Waals surface area contributed by atoms with Crippen molar-refractivity contribution in [3.63, 3.8) is 0 Å². The summed E-state index contributed by atoms with van der Waals surface area (Å²) in [6.45, 7) is 1.21. The van der Waals surface area contributed by atoms with Crippen molar-refractivity contribution in [3.8, 4) is 5.75 Å². The normalized spacial score (nSPS) is 15.9. The van der Waals surface area contributed by atoms with Crippen LogP contribution in [0.3, 0.4) is 0 Å². The summed E-state index contributed by atoms with van der Waals surface area (Å²) in [5.41, 5.74) is -0.451. The van der Waals surface area contributed by atoms with Gasteiger partial charge in [-0.1, -0.05) is 35.3 Å². The van der Waals surface area contributed by atoms with E-state index in [1.54, 1.807) is 6.92 Å². The van der Waals surface area contributed by atoms with Gasteiger partial charge in [0.1, 0.15) is 17.7 Å². The highest BCUT2D eigenvalue weighted by Crippen LogP contribution is 2.43. The van der Waals surface area contributed by atoms with Crippen LogP contribution in [0.15, 0.2) is 59.5 Å². The first-order valence-corrected chi connectivity index (χ1v) is 13.9. The van der Waals surface area contributed by atoms with Gasteiger partial charge in [0.2, 0.25) is 0 Å². The molecule has 0 radical (unpaired) electrons. The monoisotopic (exact) mass is 617 g/mol. The number of hydrogen-bond acceptors (Lipinski definition) is 4. The number of allylic oxidation sites excluding steroid dienone is 1. The number of nitrogens with zero attached hydrogens (tertiary/aromatic N) is 1. The van der Waals surface area contributed by atoms with Crippen LogP contribution in [0.2, 0.25) is 10.0 Å². The minimum atomic E-state index is -4.78. The largest absolute Gasteiger partial charge is 0.486 e. The van der Waals surface area contributed by atoms with Gasteiger partial charge in [-0.3, -0.25) is 9.10 Å². The van der Waals surface area contributed by atoms with E-state index in [9.17, 15) is 30.8 Å². The van der Waals surface area contributed by atoms with Crippen molar-refractivity contribution in [2.24, 2.45) is 0 Å². The van der Waals surface area contributed by atoms with Crippen molar-refractivity contribution in [1.82, 2.24) is 0 Å². The minimum absolute atomic E-state index is 0.0130. The molecule has 0 aromatic heterocycles. The van der Waals surface area contributed by atoms with Gasteiger partial charge in [-0.2, -0.15) is 13.2 Å². The molecule has 0 fully saturated rings. The van der Waals surface area contributed by atoms with Crippen LogP contribution >= 0.6 is 23.2 Å². The van der Waals surface area contributed by atoms with E-state index in [1.807, 2.05) is 0 Å². The summed E-state index contributed by atoms with van der Waals surface area (Å²) in [5, 5.41) is 9.33. The molecule has 1 atom stereocenters. The van der Waals surface area contributed by atoms with E-state index in [0.717, 1.165) is 22.5 Å². The topological polar surface area (TPSA) is 83.9 Å². The lowest BCUT2D eigenvalue weighted by Crippen LogP contribution is -2.43. The molecule has 1 heterocycles. The first-order valence-electron chi connectivity index (χ1n) is 11.7. The van der Waals surface area contributed by atoms with Crippen LogP contribution in [0, 0.1) is 5.82 Å². The van der Waals surface area contributed by atoms with Crippen LogP contribution in [0.25, 0.3) is 11.6 Å². The number of carboxylic acids is 1. The minimum Gasteiger partial charge on any atom is -0.486 e. The highest BCUT2D eigenvalue weighted by Gasteiger charge is 2.37. The summed E-state index contributed by atoms with van der Waals surface area (Å²) in [6.07, 6.45) is -4.64. The van der Waals surface area contributed by atoms with Gasteiger partial charge in [-0.05, 0) is 67.0 Å². The van der Waals surface area contributed by atoms with Gasteiger partial charge in [-0.15, -0.1) is 0 Å². The zero-order valence-corrected chi connectivity index (χ0v) is 23.0. The standard InChI is InChI=1S/C27H21Cl2F4NO5S/c1-15(26-20(28)6-3-7-22(26)30)10-16-11-23-24(13-21(16)29)39-18(8-9-25(35)36)14-34(23)40(37,38)19-5-2-4-17(12-19)27(31,32)33/h2-7,10-13,18H,8-9,14H2,1H3,(H,35,36)/b15-10+/t18-/m0/s1. The quantitative estimate of drug-likeness (QED) is 0.219. The fraction of sp³-hybridized carbons (Fsp3) is 0.222. The molecule has 4 rings (SSSR count). The molecule has 1 aliphatic heterocycles. The highest BCUT2D eigenvalue weighted by molar-refractivity contribution is 7.92. The molecule has 1 aliphatic rings. The Balaban J connectivity index is 1.84. The van der Waals surface area contributed by atoms with Gasteiger partial charge in [0.25, 0.3) is 10.0 Å². The van der Waals surface area contributed by atoms with Crippen LogP contribution in [-0.2, 0) is 21.0 Å². The second-order valence-corrected chi connectivity index (χ2v) is 11.7. The van der Waals surface area contributed by atoms with E-state index in [2.05, 4.69) is 0 Å². The summed E-state index contributed by atoms with van der Waals surface area (Å²) in [5.74, 6) is -1.74. The molecule has 3 aromatic carbocycles. The maximum Gasteiger partial charge on any atom is 0.416 e. The van der Waals surface area contributed by atoms with Crippen LogP contribution in [-0.4, -0.2) is 32.1 Å². The molecule has 0 saturated heterocycles. The molecule has 0 saturated carbocycles. The van der Waals surface area contributed by atoms with E-state index < -0.39 is 44.5 Å². The highest BCUT2D eigenvalue weighted by atomic mass is 35.5. The number of fused-ring (bicyclic) bond motifs is 1. The Morgan fingerprint density at radius 3 is 2.48 bits per heavy atom. The number of ether oxygens (including phenoxy) is 1. The van der Waals surface area contributed by atoms with Crippen molar-refractivity contribution in [2.45, 2.75) is 36.9 Å². The molecular weight excluding hydrogens is 597 g/mol. The number of carboxylic acid groups (broad SMARTS) is 1. The lowest BCUT2D eigenvalue weighted by molar-refractivity contribution is -0.138. The van der Waals surface area contributed by atoms with Crippen molar-refractivity contribution in [3.05, 3.63) is 87.2 Å². The van der Waals surface area contributed by atoms with E-state index in [0.29, 0.717) is 11.6 Å². The molecule has 0 spiro atoms. The third-order valence-corrected chi connectivity index (χ3v) is 8.59. The molecule has 3 aromatic rings. The molecule has 212 valence electrons. The fourth-order valence-electron chi connectivity index (χ4n) is 4.26. The maximum absolute atomic E-state index is 14.5. The summed E-state index contributed by atoms with van der Waals surface area (Å²) in [7, 11) is -4.59. The number of carbonyl (C=O) groups is 1. The number of alkyl halides is 3. The van der Waals surface area contributed by atoms with Gasteiger partial charge in [0, 0.05) is 18.1 Å². The zero-order valence-electron chi connectivity index (χ0n) is 20.7. The summed E-state index contributed by atoms with van der Waals surface area (Å²) >= 11 is 12.6. The van der Waals surface area contributed by atoms with Gasteiger partial charge in [0.15, 0.2) is 0 Å². The zero-order chi connectivity index (χ0) is 29.4. The second-order valence-electron chi connectivity index (χ2n) is 9.00. The number of aliphatic carboxylic acids is 1. The number of halogens is 6. The third kappa shape index (κ3) is 6.21. The molecule has 0 aliphatic carbocycles. The van der Waals surface area contributed by atoms with Crippen LogP contribution < -0.4 is 9.04 Å². The lowest BCUT2D eigenvalue weighted by atomic mass is 10.0. The predicted molar refractivity (Wildman–Crippen MR) is 144 cm³/mol. The van der Waals surface area contributed by atoms with Gasteiger partial charge < -0.3 is 9.84 Å². The van der Waals surface area contributed by atoms with Crippen molar-refractivity contribution >= 4 is 56.5 Å². The molecule has 0 bridgehead atoms. The Hall–Kier alpha value is -3.28. The van der Waals surface area contributed by atoms with Gasteiger partial charge in [0.05, 0.1) is 32.7 Å². The first kappa shape index (κ1) is 29.7. The predicted octanol–water partition coefficient (Wildman–Crippen LogP) is 7.53. The average molecular weight is 618 g/mol.